The number of hydrogen-bond donors (Lipinski definition) is 0. The molecule has 2 unspecified atom stereocenters. The normalized spacial score (nSPS) is 29.7. The molecule has 1 nitrogen and oxygen atoms in total. The molecule has 0 spiro atoms. The van der Waals surface area contributed by atoms with Crippen LogP contribution in [-0.4, -0.2) is 12.0 Å². The van der Waals surface area contributed by atoms with E-state index < -0.39 is 18.0 Å². The lowest BCUT2D eigenvalue weighted by molar-refractivity contribution is -0.200. The van der Waals surface area contributed by atoms with Gasteiger partial charge in [-0.3, -0.25) is 4.79 Å². The molecule has 0 bridgehead atoms. The fourth-order valence-electron chi connectivity index (χ4n) is 2.14. The van der Waals surface area contributed by atoms with Gasteiger partial charge in [-0.1, -0.05) is 13.8 Å². The number of Topliss-reactive ketones (excluding diaryl/α,β-unsaturated/α-hetero) is 1. The molecular formula is C10H15F3O. The Hall–Kier alpha value is -0.540. The van der Waals surface area contributed by atoms with Crippen LogP contribution in [0.25, 0.3) is 0 Å². The Morgan fingerprint density at radius 3 is 2.36 bits per heavy atom. The van der Waals surface area contributed by atoms with Crippen LogP contribution in [0.2, 0.25) is 0 Å². The quantitative estimate of drug-likeness (QED) is 0.646. The van der Waals surface area contributed by atoms with Gasteiger partial charge in [-0.05, 0) is 18.3 Å². The molecule has 0 aliphatic heterocycles. The van der Waals surface area contributed by atoms with Crippen molar-refractivity contribution in [1.82, 2.24) is 0 Å². The van der Waals surface area contributed by atoms with E-state index in [0.29, 0.717) is 0 Å². The minimum Gasteiger partial charge on any atom is -0.300 e. The molecule has 1 aliphatic carbocycles. The van der Waals surface area contributed by atoms with Crippen molar-refractivity contribution in [2.75, 3.05) is 0 Å². The molecule has 0 saturated heterocycles. The van der Waals surface area contributed by atoms with Crippen molar-refractivity contribution in [2.24, 2.45) is 17.8 Å². The first-order valence-electron chi connectivity index (χ1n) is 4.90. The smallest absolute Gasteiger partial charge is 0.300 e. The molecule has 0 aromatic heterocycles. The van der Waals surface area contributed by atoms with Crippen molar-refractivity contribution < 1.29 is 18.0 Å². The zero-order chi connectivity index (χ0) is 10.9. The molecule has 0 N–H and O–H groups in total. The molecule has 0 aromatic rings. The third kappa shape index (κ3) is 2.49. The minimum absolute atomic E-state index is 0.0226. The Kier molecular flexibility index (Phi) is 3.22. The lowest BCUT2D eigenvalue weighted by Gasteiger charge is -2.34. The van der Waals surface area contributed by atoms with Gasteiger partial charge in [0.1, 0.15) is 5.78 Å². The fraction of sp³-hybridized carbons (Fsp3) is 0.900. The van der Waals surface area contributed by atoms with Crippen LogP contribution in [0.5, 0.6) is 0 Å². The average Bonchev–Trinajstić information content (AvgIpc) is 2.01. The molecule has 4 heteroatoms. The fourth-order valence-corrected chi connectivity index (χ4v) is 2.14. The molecule has 2 atom stereocenters. The average molecular weight is 208 g/mol. The van der Waals surface area contributed by atoms with Crippen molar-refractivity contribution in [3.05, 3.63) is 0 Å². The van der Waals surface area contributed by atoms with Crippen molar-refractivity contribution in [3.8, 4) is 0 Å². The van der Waals surface area contributed by atoms with Gasteiger partial charge in [0.05, 0.1) is 5.92 Å². The van der Waals surface area contributed by atoms with E-state index >= 15 is 0 Å². The van der Waals surface area contributed by atoms with Gasteiger partial charge in [-0.15, -0.1) is 0 Å². The summed E-state index contributed by atoms with van der Waals surface area (Å²) in [6.45, 7) is 3.50. The van der Waals surface area contributed by atoms with Gasteiger partial charge in [0.15, 0.2) is 0 Å². The highest BCUT2D eigenvalue weighted by atomic mass is 19.4. The summed E-state index contributed by atoms with van der Waals surface area (Å²) >= 11 is 0. The summed E-state index contributed by atoms with van der Waals surface area (Å²) < 4.78 is 37.7. The largest absolute Gasteiger partial charge is 0.392 e. The number of carbonyl (C=O) groups is 1. The summed E-state index contributed by atoms with van der Waals surface area (Å²) in [6.07, 6.45) is -3.98. The van der Waals surface area contributed by atoms with E-state index in [1.54, 1.807) is 13.8 Å². The Bertz CT molecular complexity index is 220. The molecule has 0 amide bonds. The first-order chi connectivity index (χ1) is 6.32. The first kappa shape index (κ1) is 11.5. The Morgan fingerprint density at radius 2 is 1.93 bits per heavy atom. The monoisotopic (exact) mass is 208 g/mol. The van der Waals surface area contributed by atoms with E-state index in [4.69, 9.17) is 0 Å². The van der Waals surface area contributed by atoms with Gasteiger partial charge < -0.3 is 0 Å². The van der Waals surface area contributed by atoms with Crippen LogP contribution in [0, 0.1) is 17.8 Å². The molecule has 1 saturated carbocycles. The second-order valence-electron chi connectivity index (χ2n) is 4.34. The van der Waals surface area contributed by atoms with Gasteiger partial charge in [-0.2, -0.15) is 13.2 Å². The van der Waals surface area contributed by atoms with Gasteiger partial charge in [-0.25, -0.2) is 0 Å². The summed E-state index contributed by atoms with van der Waals surface area (Å²) in [6, 6.07) is 0. The molecule has 0 heterocycles. The third-order valence-electron chi connectivity index (χ3n) is 2.99. The lowest BCUT2D eigenvalue weighted by atomic mass is 9.73. The maximum absolute atomic E-state index is 12.6. The summed E-state index contributed by atoms with van der Waals surface area (Å²) in [5, 5.41) is 0. The Balaban J connectivity index is 2.78. The third-order valence-corrected chi connectivity index (χ3v) is 2.99. The van der Waals surface area contributed by atoms with Crippen molar-refractivity contribution in [3.63, 3.8) is 0 Å². The molecular weight excluding hydrogens is 193 g/mol. The lowest BCUT2D eigenvalue weighted by Crippen LogP contribution is -2.38. The number of halogens is 3. The Morgan fingerprint density at radius 1 is 1.36 bits per heavy atom. The van der Waals surface area contributed by atoms with Gasteiger partial charge in [0.25, 0.3) is 0 Å². The van der Waals surface area contributed by atoms with E-state index in [-0.39, 0.29) is 31.0 Å². The highest BCUT2D eigenvalue weighted by Crippen LogP contribution is 2.43. The highest BCUT2D eigenvalue weighted by molar-refractivity contribution is 5.79. The van der Waals surface area contributed by atoms with Crippen LogP contribution in [0.15, 0.2) is 0 Å². The van der Waals surface area contributed by atoms with E-state index in [0.717, 1.165) is 0 Å². The number of alkyl halides is 3. The summed E-state index contributed by atoms with van der Waals surface area (Å²) in [5.74, 6) is -1.90. The maximum atomic E-state index is 12.6. The summed E-state index contributed by atoms with van der Waals surface area (Å²) in [7, 11) is 0. The second kappa shape index (κ2) is 3.91. The van der Waals surface area contributed by atoms with Gasteiger partial charge in [0, 0.05) is 12.8 Å². The maximum Gasteiger partial charge on any atom is 0.392 e. The Labute approximate surface area is 81.7 Å². The topological polar surface area (TPSA) is 17.1 Å². The van der Waals surface area contributed by atoms with Gasteiger partial charge in [0.2, 0.25) is 0 Å². The predicted molar refractivity (Wildman–Crippen MR) is 46.7 cm³/mol. The van der Waals surface area contributed by atoms with Crippen LogP contribution < -0.4 is 0 Å². The van der Waals surface area contributed by atoms with Crippen molar-refractivity contribution >= 4 is 5.78 Å². The van der Waals surface area contributed by atoms with Crippen molar-refractivity contribution in [2.45, 2.75) is 39.3 Å². The molecule has 0 aromatic carbocycles. The van der Waals surface area contributed by atoms with Crippen molar-refractivity contribution in [1.29, 1.82) is 0 Å². The predicted octanol–water partition coefficient (Wildman–Crippen LogP) is 3.19. The zero-order valence-electron chi connectivity index (χ0n) is 8.40. The SMILES string of the molecule is CC(C)C1CC(=O)CCC1C(F)(F)F. The zero-order valence-corrected chi connectivity index (χ0v) is 8.40. The standard InChI is InChI=1S/C10H15F3O/c1-6(2)8-5-7(14)3-4-9(8)10(11,12)13/h6,8-9H,3-5H2,1-2H3. The van der Waals surface area contributed by atoms with Crippen LogP contribution in [0.4, 0.5) is 13.2 Å². The molecule has 1 rings (SSSR count). The van der Waals surface area contributed by atoms with Crippen LogP contribution in [0.3, 0.4) is 0 Å². The number of ketones is 1. The van der Waals surface area contributed by atoms with E-state index in [1.165, 1.54) is 0 Å². The van der Waals surface area contributed by atoms with E-state index in [2.05, 4.69) is 0 Å². The van der Waals surface area contributed by atoms with E-state index in [1.807, 2.05) is 0 Å². The van der Waals surface area contributed by atoms with Crippen LogP contribution in [-0.2, 0) is 4.79 Å². The van der Waals surface area contributed by atoms with E-state index in [9.17, 15) is 18.0 Å². The molecule has 14 heavy (non-hydrogen) atoms. The van der Waals surface area contributed by atoms with Crippen LogP contribution in [0.1, 0.15) is 33.1 Å². The second-order valence-corrected chi connectivity index (χ2v) is 4.34. The number of hydrogen-bond acceptors (Lipinski definition) is 1. The summed E-state index contributed by atoms with van der Waals surface area (Å²) in [4.78, 5) is 11.1. The minimum atomic E-state index is -4.14. The van der Waals surface area contributed by atoms with Gasteiger partial charge >= 0.3 is 6.18 Å². The first-order valence-corrected chi connectivity index (χ1v) is 4.90. The molecule has 1 fully saturated rings. The molecule has 1 aliphatic rings. The number of carbonyl (C=O) groups excluding carboxylic acids is 1. The highest BCUT2D eigenvalue weighted by Gasteiger charge is 2.47. The molecule has 0 radical (unpaired) electrons. The summed E-state index contributed by atoms with van der Waals surface area (Å²) in [5.41, 5.74) is 0. The number of rotatable bonds is 1. The molecule has 82 valence electrons. The van der Waals surface area contributed by atoms with Crippen LogP contribution >= 0.6 is 0 Å².